The van der Waals surface area contributed by atoms with Crippen LogP contribution >= 0.6 is 23.4 Å². The molecule has 0 nitrogen and oxygen atoms in total. The highest BCUT2D eigenvalue weighted by molar-refractivity contribution is 8.04. The fraction of sp³-hybridized carbons (Fsp3) is 1.00. The molecular weight excluding hydrogens is 204 g/mol. The van der Waals surface area contributed by atoms with Gasteiger partial charge >= 0.3 is 0 Å². The molecule has 12 heavy (non-hydrogen) atoms. The molecule has 0 atom stereocenters. The van der Waals surface area contributed by atoms with E-state index in [0.717, 1.165) is 0 Å². The first-order valence-electron chi connectivity index (χ1n) is 4.35. The van der Waals surface area contributed by atoms with Crippen molar-refractivity contribution < 1.29 is 0 Å². The van der Waals surface area contributed by atoms with Gasteiger partial charge in [-0.3, -0.25) is 0 Å². The van der Waals surface area contributed by atoms with E-state index >= 15 is 0 Å². The molecule has 0 aliphatic carbocycles. The van der Waals surface area contributed by atoms with Gasteiger partial charge in [-0.2, -0.15) is 0 Å². The number of rotatable bonds is 3. The third-order valence-corrected chi connectivity index (χ3v) is 9.29. The van der Waals surface area contributed by atoms with Gasteiger partial charge in [0.2, 0.25) is 0 Å². The Labute approximate surface area is 87.5 Å². The maximum atomic E-state index is 6.21. The maximum Gasteiger partial charge on any atom is 0.0842 e. The predicted molar refractivity (Wildman–Crippen MR) is 64.9 cm³/mol. The molecule has 0 unspecified atom stereocenters. The number of hydrogen-bond acceptors (Lipinski definition) is 1. The summed E-state index contributed by atoms with van der Waals surface area (Å²) in [7, 11) is -1.12. The van der Waals surface area contributed by atoms with Crippen LogP contribution in [0.15, 0.2) is 0 Å². The van der Waals surface area contributed by atoms with E-state index in [1.807, 2.05) is 11.8 Å². The first-order valence-corrected chi connectivity index (χ1v) is 9.04. The van der Waals surface area contributed by atoms with E-state index < -0.39 is 8.07 Å². The van der Waals surface area contributed by atoms with Crippen LogP contribution in [0, 0.1) is 0 Å². The van der Waals surface area contributed by atoms with E-state index in [0.29, 0.717) is 4.37 Å². The Morgan fingerprint density at radius 2 is 1.33 bits per heavy atom. The molecule has 0 spiro atoms. The average Bonchev–Trinajstić information content (AvgIpc) is 1.52. The van der Waals surface area contributed by atoms with E-state index in [1.54, 1.807) is 0 Å². The second-order valence-corrected chi connectivity index (χ2v) is 14.8. The van der Waals surface area contributed by atoms with Gasteiger partial charge in [-0.25, -0.2) is 0 Å². The molecule has 74 valence electrons. The van der Waals surface area contributed by atoms with Gasteiger partial charge in [0.05, 0.1) is 12.3 Å². The Balaban J connectivity index is 4.44. The minimum absolute atomic E-state index is 0.135. The average molecular weight is 225 g/mol. The summed E-state index contributed by atoms with van der Waals surface area (Å²) in [5.74, 6) is 0. The summed E-state index contributed by atoms with van der Waals surface area (Å²) in [6.07, 6.45) is 0. The van der Waals surface area contributed by atoms with Crippen LogP contribution in [0.25, 0.3) is 0 Å². The van der Waals surface area contributed by atoms with Crippen molar-refractivity contribution in [2.75, 3.05) is 0 Å². The predicted octanol–water partition coefficient (Wildman–Crippen LogP) is 4.35. The highest BCUT2D eigenvalue weighted by atomic mass is 35.5. The normalized spacial score (nSPS) is 15.0. The van der Waals surface area contributed by atoms with Gasteiger partial charge in [-0.1, -0.05) is 33.5 Å². The zero-order valence-corrected chi connectivity index (χ0v) is 11.9. The van der Waals surface area contributed by atoms with Gasteiger partial charge in [-0.15, -0.1) is 23.4 Å². The molecule has 0 saturated carbocycles. The summed E-state index contributed by atoms with van der Waals surface area (Å²) in [6.45, 7) is 15.9. The highest BCUT2D eigenvalue weighted by Gasteiger charge is 2.39. The quantitative estimate of drug-likeness (QED) is 0.508. The van der Waals surface area contributed by atoms with Crippen LogP contribution in [0.1, 0.15) is 27.7 Å². The molecule has 0 aromatic carbocycles. The third-order valence-electron chi connectivity index (χ3n) is 2.30. The van der Waals surface area contributed by atoms with Crippen LogP contribution in [0.4, 0.5) is 0 Å². The summed E-state index contributed by atoms with van der Waals surface area (Å²) < 4.78 is 0.210. The Kier molecular flexibility index (Phi) is 3.80. The summed E-state index contributed by atoms with van der Waals surface area (Å²) in [5.41, 5.74) is 0. The van der Waals surface area contributed by atoms with Crippen molar-refractivity contribution >= 4 is 31.4 Å². The Hall–Kier alpha value is 0.857. The lowest BCUT2D eigenvalue weighted by Gasteiger charge is -2.40. The lowest BCUT2D eigenvalue weighted by atomic mass is 10.5. The van der Waals surface area contributed by atoms with Crippen molar-refractivity contribution in [3.05, 3.63) is 0 Å². The zero-order valence-electron chi connectivity index (χ0n) is 9.29. The number of alkyl halides is 1. The number of thioether (sulfide) groups is 1. The highest BCUT2D eigenvalue weighted by Crippen LogP contribution is 2.43. The van der Waals surface area contributed by atoms with Gasteiger partial charge in [0.1, 0.15) is 0 Å². The molecule has 0 heterocycles. The van der Waals surface area contributed by atoms with Crippen LogP contribution in [-0.2, 0) is 0 Å². The lowest BCUT2D eigenvalue weighted by molar-refractivity contribution is 0.909. The maximum absolute atomic E-state index is 6.21. The number of hydrogen-bond donors (Lipinski definition) is 0. The third kappa shape index (κ3) is 4.20. The van der Waals surface area contributed by atoms with Crippen LogP contribution < -0.4 is 0 Å². The Morgan fingerprint density at radius 1 is 1.00 bits per heavy atom. The summed E-state index contributed by atoms with van der Waals surface area (Å²) in [4.78, 5) is 0. The van der Waals surface area contributed by atoms with Gasteiger partial charge in [0, 0.05) is 4.37 Å². The van der Waals surface area contributed by atoms with E-state index in [-0.39, 0.29) is 4.21 Å². The molecular formula is C9H21ClSSi. The molecule has 0 aliphatic heterocycles. The summed E-state index contributed by atoms with van der Waals surface area (Å²) in [6, 6.07) is 0. The van der Waals surface area contributed by atoms with Crippen LogP contribution in [0.2, 0.25) is 19.6 Å². The summed E-state index contributed by atoms with van der Waals surface area (Å²) in [5, 5.41) is 0. The van der Waals surface area contributed by atoms with Gasteiger partial charge in [-0.05, 0) is 13.8 Å². The van der Waals surface area contributed by atoms with Crippen molar-refractivity contribution in [2.45, 2.75) is 55.9 Å². The molecule has 0 rings (SSSR count). The Morgan fingerprint density at radius 3 is 1.42 bits per heavy atom. The first-order chi connectivity index (χ1) is 4.96. The summed E-state index contributed by atoms with van der Waals surface area (Å²) >= 11 is 8.10. The van der Waals surface area contributed by atoms with Crippen LogP contribution in [0.5, 0.6) is 0 Å². The molecule has 0 fully saturated rings. The fourth-order valence-corrected chi connectivity index (χ4v) is 4.74. The van der Waals surface area contributed by atoms with Crippen molar-refractivity contribution in [3.8, 4) is 0 Å². The van der Waals surface area contributed by atoms with Crippen molar-refractivity contribution in [1.29, 1.82) is 0 Å². The smallest absolute Gasteiger partial charge is 0.0842 e. The molecule has 0 N–H and O–H groups in total. The molecule has 0 saturated heterocycles. The van der Waals surface area contributed by atoms with Crippen LogP contribution in [-0.4, -0.2) is 16.7 Å². The van der Waals surface area contributed by atoms with E-state index in [4.69, 9.17) is 11.6 Å². The molecule has 0 aliphatic rings. The van der Waals surface area contributed by atoms with E-state index in [9.17, 15) is 0 Å². The van der Waals surface area contributed by atoms with E-state index in [1.165, 1.54) is 0 Å². The molecule has 0 amide bonds. The Bertz CT molecular complexity index is 153. The fourth-order valence-electron chi connectivity index (χ4n) is 0.760. The van der Waals surface area contributed by atoms with Gasteiger partial charge < -0.3 is 0 Å². The van der Waals surface area contributed by atoms with Gasteiger partial charge in [0.15, 0.2) is 0 Å². The standard InChI is InChI=1S/C9H21ClSSi/c1-8(2,10)11-9(3,4)12(5,6)7/h1-7H3. The van der Waals surface area contributed by atoms with E-state index in [2.05, 4.69) is 47.3 Å². The molecule has 3 heteroatoms. The van der Waals surface area contributed by atoms with Gasteiger partial charge in [0.25, 0.3) is 0 Å². The minimum atomic E-state index is -1.12. The van der Waals surface area contributed by atoms with Crippen molar-refractivity contribution in [1.82, 2.24) is 0 Å². The van der Waals surface area contributed by atoms with Crippen molar-refractivity contribution in [2.24, 2.45) is 0 Å². The molecule has 0 radical (unpaired) electrons. The SMILES string of the molecule is CC(C)(Cl)SC(C)(C)[Si](C)(C)C. The molecule has 0 aromatic rings. The minimum Gasteiger partial charge on any atom is -0.136 e. The van der Waals surface area contributed by atoms with Crippen LogP contribution in [0.3, 0.4) is 0 Å². The monoisotopic (exact) mass is 224 g/mol. The molecule has 0 bridgehead atoms. The van der Waals surface area contributed by atoms with Crippen molar-refractivity contribution in [3.63, 3.8) is 0 Å². The topological polar surface area (TPSA) is 0 Å². The largest absolute Gasteiger partial charge is 0.136 e. The zero-order chi connectivity index (χ0) is 10.2. The first kappa shape index (κ1) is 12.9. The second kappa shape index (κ2) is 3.54. The number of halogens is 1. The molecule has 0 aromatic heterocycles. The lowest BCUT2D eigenvalue weighted by Crippen LogP contribution is -2.46. The second-order valence-electron chi connectivity index (χ2n) is 5.23.